The minimum atomic E-state index is -0.257. The maximum absolute atomic E-state index is 13.3. The number of hydrogen-bond donors (Lipinski definition) is 1. The maximum Gasteiger partial charge on any atom is 0.245 e. The fourth-order valence-corrected chi connectivity index (χ4v) is 2.82. The third-order valence-electron chi connectivity index (χ3n) is 3.95. The summed E-state index contributed by atoms with van der Waals surface area (Å²) in [5, 5.41) is 4.08. The molecule has 0 amide bonds. The van der Waals surface area contributed by atoms with E-state index in [2.05, 4.69) is 21.9 Å². The van der Waals surface area contributed by atoms with Crippen LogP contribution in [0, 0.1) is 5.82 Å². The van der Waals surface area contributed by atoms with Gasteiger partial charge in [-0.25, -0.2) is 24.4 Å². The number of rotatable bonds is 5. The number of nitrogens with two attached hydrogens (primary N) is 1. The lowest BCUT2D eigenvalue weighted by molar-refractivity contribution is 0.335. The number of anilines is 2. The van der Waals surface area contributed by atoms with Crippen molar-refractivity contribution in [3.63, 3.8) is 0 Å². The van der Waals surface area contributed by atoms with Crippen LogP contribution >= 0.6 is 0 Å². The van der Waals surface area contributed by atoms with Crippen molar-refractivity contribution in [3.05, 3.63) is 48.0 Å². The molecule has 2 aromatic rings. The molecule has 2 heterocycles. The van der Waals surface area contributed by atoms with Crippen molar-refractivity contribution in [2.75, 3.05) is 18.1 Å². The Hall–Kier alpha value is -2.05. The molecule has 1 aliphatic heterocycles. The van der Waals surface area contributed by atoms with Crippen LogP contribution in [-0.4, -0.2) is 34.1 Å². The molecule has 1 fully saturated rings. The average Bonchev–Trinajstić information content (AvgIpc) is 2.96. The quantitative estimate of drug-likeness (QED) is 0.919. The lowest BCUT2D eigenvalue weighted by Gasteiger charge is -2.31. The van der Waals surface area contributed by atoms with E-state index in [9.17, 15) is 4.39 Å². The van der Waals surface area contributed by atoms with Gasteiger partial charge < -0.3 is 5.73 Å². The summed E-state index contributed by atoms with van der Waals surface area (Å²) < 4.78 is 13.3. The molecule has 122 valence electrons. The lowest BCUT2D eigenvalue weighted by Crippen LogP contribution is -2.40. The molecule has 1 saturated heterocycles. The Kier molecular flexibility index (Phi) is 4.83. The summed E-state index contributed by atoms with van der Waals surface area (Å²) in [5.41, 5.74) is 7.90. The maximum atomic E-state index is 13.3. The number of hydrazine groups is 1. The largest absolute Gasteiger partial charge is 0.326 e. The van der Waals surface area contributed by atoms with Crippen molar-refractivity contribution in [1.29, 1.82) is 0 Å². The molecule has 1 aliphatic rings. The summed E-state index contributed by atoms with van der Waals surface area (Å²) in [5.74, 6) is 0.351. The molecule has 0 radical (unpaired) electrons. The highest BCUT2D eigenvalue weighted by Crippen LogP contribution is 2.27. The van der Waals surface area contributed by atoms with E-state index in [0.29, 0.717) is 5.95 Å². The Morgan fingerprint density at radius 1 is 1.30 bits per heavy atom. The minimum absolute atomic E-state index is 0.136. The van der Waals surface area contributed by atoms with E-state index in [1.807, 2.05) is 11.1 Å². The van der Waals surface area contributed by atoms with Crippen molar-refractivity contribution >= 4 is 11.6 Å². The zero-order chi connectivity index (χ0) is 16.2. The van der Waals surface area contributed by atoms with Crippen molar-refractivity contribution in [1.82, 2.24) is 15.0 Å². The topological polar surface area (TPSA) is 58.3 Å². The lowest BCUT2D eigenvalue weighted by atomic mass is 10.2. The highest BCUT2D eigenvalue weighted by atomic mass is 19.1. The van der Waals surface area contributed by atoms with E-state index >= 15 is 0 Å². The van der Waals surface area contributed by atoms with Gasteiger partial charge in [-0.2, -0.15) is 0 Å². The van der Waals surface area contributed by atoms with Crippen LogP contribution in [0.3, 0.4) is 0 Å². The Balaban J connectivity index is 1.97. The van der Waals surface area contributed by atoms with Crippen LogP contribution in [0.1, 0.15) is 25.5 Å². The molecule has 0 unspecified atom stereocenters. The fraction of sp³-hybridized carbons (Fsp3) is 0.412. The molecule has 0 aliphatic carbocycles. The first-order chi connectivity index (χ1) is 11.2. The number of aromatic nitrogens is 2. The van der Waals surface area contributed by atoms with Crippen LogP contribution in [0.2, 0.25) is 0 Å². The van der Waals surface area contributed by atoms with Gasteiger partial charge in [-0.05, 0) is 43.2 Å². The van der Waals surface area contributed by atoms with Gasteiger partial charge in [0.25, 0.3) is 0 Å². The molecule has 0 saturated carbocycles. The third kappa shape index (κ3) is 3.65. The van der Waals surface area contributed by atoms with Crippen LogP contribution in [0.15, 0.2) is 36.5 Å². The number of halogens is 1. The standard InChI is InChI=1S/C17H22FN5/c1-2-3-15-8-10-20-17(21-15)23(22-11-9-14(19)12-22)16-6-4-13(18)5-7-16/h4-8,10,14H,2-3,9,11-12,19H2,1H3/t14-/m0/s1. The number of nitrogens with zero attached hydrogens (tertiary/aromatic N) is 4. The van der Waals surface area contributed by atoms with Gasteiger partial charge in [-0.3, -0.25) is 0 Å². The van der Waals surface area contributed by atoms with Gasteiger partial charge in [0.2, 0.25) is 5.95 Å². The summed E-state index contributed by atoms with van der Waals surface area (Å²) in [6.45, 7) is 3.69. The third-order valence-corrected chi connectivity index (χ3v) is 3.95. The average molecular weight is 315 g/mol. The molecule has 2 N–H and O–H groups in total. The van der Waals surface area contributed by atoms with E-state index in [1.54, 1.807) is 18.3 Å². The van der Waals surface area contributed by atoms with E-state index in [-0.39, 0.29) is 11.9 Å². The van der Waals surface area contributed by atoms with Crippen molar-refractivity contribution < 1.29 is 4.39 Å². The van der Waals surface area contributed by atoms with Crippen molar-refractivity contribution in [2.45, 2.75) is 32.2 Å². The van der Waals surface area contributed by atoms with Crippen LogP contribution < -0.4 is 10.7 Å². The van der Waals surface area contributed by atoms with Gasteiger partial charge in [0, 0.05) is 31.0 Å². The molecular formula is C17H22FN5. The van der Waals surface area contributed by atoms with Crippen molar-refractivity contribution in [3.8, 4) is 0 Å². The summed E-state index contributed by atoms with van der Waals surface area (Å²) in [4.78, 5) is 9.10. The summed E-state index contributed by atoms with van der Waals surface area (Å²) in [6.07, 6.45) is 4.64. The van der Waals surface area contributed by atoms with Gasteiger partial charge >= 0.3 is 0 Å². The monoisotopic (exact) mass is 315 g/mol. The first-order valence-corrected chi connectivity index (χ1v) is 8.05. The molecule has 1 aromatic carbocycles. The van der Waals surface area contributed by atoms with Crippen LogP contribution in [0.5, 0.6) is 0 Å². The molecule has 1 atom stereocenters. The van der Waals surface area contributed by atoms with E-state index < -0.39 is 0 Å². The molecule has 6 heteroatoms. The van der Waals surface area contributed by atoms with Gasteiger partial charge in [0.1, 0.15) is 5.82 Å². The Labute approximate surface area is 135 Å². The second-order valence-electron chi connectivity index (χ2n) is 5.85. The molecule has 3 rings (SSSR count). The van der Waals surface area contributed by atoms with Gasteiger partial charge in [-0.1, -0.05) is 13.3 Å². The normalized spacial score (nSPS) is 18.3. The highest BCUT2D eigenvalue weighted by Gasteiger charge is 2.27. The summed E-state index contributed by atoms with van der Waals surface area (Å²) in [6, 6.07) is 8.47. The zero-order valence-electron chi connectivity index (χ0n) is 13.3. The summed E-state index contributed by atoms with van der Waals surface area (Å²) in [7, 11) is 0. The smallest absolute Gasteiger partial charge is 0.245 e. The van der Waals surface area contributed by atoms with E-state index in [1.165, 1.54) is 12.1 Å². The minimum Gasteiger partial charge on any atom is -0.326 e. The highest BCUT2D eigenvalue weighted by molar-refractivity contribution is 5.55. The van der Waals surface area contributed by atoms with Crippen molar-refractivity contribution in [2.24, 2.45) is 5.73 Å². The van der Waals surface area contributed by atoms with Crippen LogP contribution in [0.25, 0.3) is 0 Å². The fourth-order valence-electron chi connectivity index (χ4n) is 2.82. The summed E-state index contributed by atoms with van der Waals surface area (Å²) >= 11 is 0. The number of hydrogen-bond acceptors (Lipinski definition) is 5. The predicted octanol–water partition coefficient (Wildman–Crippen LogP) is 2.65. The molecule has 1 aromatic heterocycles. The Morgan fingerprint density at radius 2 is 2.09 bits per heavy atom. The molecule has 0 bridgehead atoms. The molecule has 0 spiro atoms. The first-order valence-electron chi connectivity index (χ1n) is 8.05. The second kappa shape index (κ2) is 7.02. The second-order valence-corrected chi connectivity index (χ2v) is 5.85. The Morgan fingerprint density at radius 3 is 2.74 bits per heavy atom. The van der Waals surface area contributed by atoms with Crippen LogP contribution in [0.4, 0.5) is 16.0 Å². The SMILES string of the molecule is CCCc1ccnc(N(c2ccc(F)cc2)N2CC[C@H](N)C2)n1. The molecule has 23 heavy (non-hydrogen) atoms. The van der Waals surface area contributed by atoms with Gasteiger partial charge in [0.15, 0.2) is 0 Å². The van der Waals surface area contributed by atoms with Gasteiger partial charge in [-0.15, -0.1) is 0 Å². The predicted molar refractivity (Wildman–Crippen MR) is 88.7 cm³/mol. The Bertz CT molecular complexity index is 646. The van der Waals surface area contributed by atoms with E-state index in [0.717, 1.165) is 43.7 Å². The molecular weight excluding hydrogens is 293 g/mol. The van der Waals surface area contributed by atoms with Crippen LogP contribution in [-0.2, 0) is 6.42 Å². The van der Waals surface area contributed by atoms with Gasteiger partial charge in [0.05, 0.1) is 5.69 Å². The number of aryl methyl sites for hydroxylation is 1. The number of benzene rings is 1. The zero-order valence-corrected chi connectivity index (χ0v) is 13.3. The first kappa shape index (κ1) is 15.8. The van der Waals surface area contributed by atoms with E-state index in [4.69, 9.17) is 5.73 Å². The molecule has 5 nitrogen and oxygen atoms in total.